The fraction of sp³-hybridized carbons (Fsp3) is 0.409. The number of hydrogen-bond donors (Lipinski definition) is 3. The molecule has 6 nitrogen and oxygen atoms in total. The molecule has 0 amide bonds. The summed E-state index contributed by atoms with van der Waals surface area (Å²) in [5, 5.41) is 6.59. The van der Waals surface area contributed by atoms with E-state index in [0.29, 0.717) is 19.0 Å². The van der Waals surface area contributed by atoms with Crippen LogP contribution in [0.2, 0.25) is 0 Å². The Balaban J connectivity index is 2.11. The minimum absolute atomic E-state index is 0.0515. The summed E-state index contributed by atoms with van der Waals surface area (Å²) in [6.45, 7) is 9.55. The number of hydrogen-bond acceptors (Lipinski definition) is 3. The van der Waals surface area contributed by atoms with Gasteiger partial charge >= 0.3 is 0 Å². The van der Waals surface area contributed by atoms with E-state index in [9.17, 15) is 8.42 Å². The Kier molecular flexibility index (Phi) is 8.67. The van der Waals surface area contributed by atoms with Crippen LogP contribution in [0.15, 0.2) is 53.5 Å². The third-order valence-electron chi connectivity index (χ3n) is 4.34. The summed E-state index contributed by atoms with van der Waals surface area (Å²) < 4.78 is 27.3. The third kappa shape index (κ3) is 7.87. The van der Waals surface area contributed by atoms with E-state index in [1.807, 2.05) is 57.2 Å². The fourth-order valence-corrected chi connectivity index (χ4v) is 4.44. The molecular weight excluding hydrogens is 384 g/mol. The van der Waals surface area contributed by atoms with Gasteiger partial charge in [0, 0.05) is 19.1 Å². The molecule has 0 spiro atoms. The molecule has 0 aliphatic heterocycles. The number of aryl methyl sites for hydroxylation is 1. The second-order valence-electron chi connectivity index (χ2n) is 7.28. The van der Waals surface area contributed by atoms with Crippen LogP contribution in [-0.4, -0.2) is 27.0 Å². The highest BCUT2D eigenvalue weighted by Gasteiger charge is 2.15. The Bertz CT molecular complexity index is 924. The van der Waals surface area contributed by atoms with Gasteiger partial charge in [0.05, 0.1) is 12.3 Å². The first-order valence-electron chi connectivity index (χ1n) is 9.94. The molecule has 0 aliphatic carbocycles. The molecule has 0 atom stereocenters. The van der Waals surface area contributed by atoms with Crippen molar-refractivity contribution in [1.82, 2.24) is 15.4 Å². The Morgan fingerprint density at radius 2 is 1.59 bits per heavy atom. The van der Waals surface area contributed by atoms with E-state index >= 15 is 0 Å². The maximum atomic E-state index is 12.3. The van der Waals surface area contributed by atoms with Gasteiger partial charge in [-0.2, -0.15) is 0 Å². The normalized spacial score (nSPS) is 12.2. The van der Waals surface area contributed by atoms with Crippen LogP contribution in [0, 0.1) is 6.92 Å². The van der Waals surface area contributed by atoms with E-state index < -0.39 is 10.0 Å². The van der Waals surface area contributed by atoms with Crippen molar-refractivity contribution in [3.05, 3.63) is 70.8 Å². The average molecular weight is 417 g/mol. The number of guanidine groups is 1. The van der Waals surface area contributed by atoms with Crippen LogP contribution in [0.4, 0.5) is 0 Å². The van der Waals surface area contributed by atoms with Crippen LogP contribution in [0.3, 0.4) is 0 Å². The molecule has 0 saturated heterocycles. The Labute approximate surface area is 174 Å². The largest absolute Gasteiger partial charge is 0.357 e. The molecule has 158 valence electrons. The molecule has 0 aliphatic rings. The number of nitrogens with zero attached hydrogens (tertiary/aromatic N) is 1. The van der Waals surface area contributed by atoms with Gasteiger partial charge in [0.25, 0.3) is 0 Å². The lowest BCUT2D eigenvalue weighted by Gasteiger charge is -2.14. The molecule has 0 fully saturated rings. The predicted octanol–water partition coefficient (Wildman–Crippen LogP) is 3.08. The molecule has 0 radical (unpaired) electrons. The highest BCUT2D eigenvalue weighted by molar-refractivity contribution is 7.88. The first-order valence-corrected chi connectivity index (χ1v) is 11.6. The molecule has 7 heteroatoms. The Hall–Kier alpha value is -2.38. The molecule has 0 saturated carbocycles. The SMILES string of the molecule is CCNC(=NCc1ccccc1CS(=O)(=O)NC(C)C)NCc1ccccc1C. The van der Waals surface area contributed by atoms with Gasteiger partial charge in [0.1, 0.15) is 0 Å². The zero-order valence-corrected chi connectivity index (χ0v) is 18.5. The summed E-state index contributed by atoms with van der Waals surface area (Å²) in [7, 11) is -3.39. The fourth-order valence-electron chi connectivity index (χ4n) is 2.95. The van der Waals surface area contributed by atoms with Crippen molar-refractivity contribution in [2.45, 2.75) is 52.6 Å². The van der Waals surface area contributed by atoms with E-state index in [-0.39, 0.29) is 11.8 Å². The van der Waals surface area contributed by atoms with E-state index in [1.165, 1.54) is 11.1 Å². The van der Waals surface area contributed by atoms with E-state index in [0.717, 1.165) is 17.7 Å². The Morgan fingerprint density at radius 3 is 2.21 bits per heavy atom. The van der Waals surface area contributed by atoms with E-state index in [1.54, 1.807) is 0 Å². The van der Waals surface area contributed by atoms with Gasteiger partial charge in [-0.25, -0.2) is 18.1 Å². The molecule has 0 heterocycles. The van der Waals surface area contributed by atoms with Gasteiger partial charge in [0.2, 0.25) is 10.0 Å². The summed E-state index contributed by atoms with van der Waals surface area (Å²) in [6, 6.07) is 15.6. The minimum atomic E-state index is -3.39. The van der Waals surface area contributed by atoms with Gasteiger partial charge in [0.15, 0.2) is 5.96 Å². The van der Waals surface area contributed by atoms with E-state index in [2.05, 4.69) is 39.4 Å². The lowest BCUT2D eigenvalue weighted by molar-refractivity contribution is 0.569. The second kappa shape index (κ2) is 11.0. The molecule has 2 rings (SSSR count). The van der Waals surface area contributed by atoms with Crippen LogP contribution in [0.25, 0.3) is 0 Å². The lowest BCUT2D eigenvalue weighted by Crippen LogP contribution is -2.37. The first-order chi connectivity index (χ1) is 13.8. The molecule has 0 bridgehead atoms. The number of aliphatic imine (C=N–C) groups is 1. The van der Waals surface area contributed by atoms with Crippen LogP contribution < -0.4 is 15.4 Å². The van der Waals surface area contributed by atoms with Crippen molar-refractivity contribution in [3.63, 3.8) is 0 Å². The van der Waals surface area contributed by atoms with Crippen molar-refractivity contribution in [3.8, 4) is 0 Å². The van der Waals surface area contributed by atoms with Gasteiger partial charge < -0.3 is 10.6 Å². The van der Waals surface area contributed by atoms with Gasteiger partial charge in [-0.05, 0) is 49.9 Å². The molecule has 2 aromatic carbocycles. The molecular formula is C22H32N4O2S. The molecule has 29 heavy (non-hydrogen) atoms. The number of benzene rings is 2. The maximum Gasteiger partial charge on any atom is 0.216 e. The van der Waals surface area contributed by atoms with Crippen LogP contribution in [-0.2, 0) is 28.9 Å². The summed E-state index contributed by atoms with van der Waals surface area (Å²) in [6.07, 6.45) is 0. The molecule has 3 N–H and O–H groups in total. The third-order valence-corrected chi connectivity index (χ3v) is 5.86. The molecule has 0 aromatic heterocycles. The van der Waals surface area contributed by atoms with Crippen molar-refractivity contribution in [2.75, 3.05) is 6.54 Å². The minimum Gasteiger partial charge on any atom is -0.357 e. The lowest BCUT2D eigenvalue weighted by atomic mass is 10.1. The van der Waals surface area contributed by atoms with Gasteiger partial charge in [-0.1, -0.05) is 48.5 Å². The van der Waals surface area contributed by atoms with Gasteiger partial charge in [-0.15, -0.1) is 0 Å². The standard InChI is InChI=1S/C22H32N4O2S/c1-5-23-22(24-14-19-11-7-6-10-18(19)4)25-15-20-12-8-9-13-21(20)16-29(27,28)26-17(2)3/h6-13,17,26H,5,14-16H2,1-4H3,(H2,23,24,25). The van der Waals surface area contributed by atoms with E-state index in [4.69, 9.17) is 0 Å². The molecule has 2 aromatic rings. The van der Waals surface area contributed by atoms with Gasteiger partial charge in [-0.3, -0.25) is 0 Å². The van der Waals surface area contributed by atoms with Crippen LogP contribution in [0.1, 0.15) is 43.0 Å². The number of rotatable bonds is 9. The zero-order chi connectivity index (χ0) is 21.3. The quantitative estimate of drug-likeness (QED) is 0.433. The van der Waals surface area contributed by atoms with Crippen LogP contribution >= 0.6 is 0 Å². The van der Waals surface area contributed by atoms with Crippen LogP contribution in [0.5, 0.6) is 0 Å². The summed E-state index contributed by atoms with van der Waals surface area (Å²) in [5.74, 6) is 0.651. The highest BCUT2D eigenvalue weighted by atomic mass is 32.2. The zero-order valence-electron chi connectivity index (χ0n) is 17.7. The Morgan fingerprint density at radius 1 is 0.966 bits per heavy atom. The van der Waals surface area contributed by atoms with Crippen molar-refractivity contribution in [2.24, 2.45) is 4.99 Å². The number of nitrogens with one attached hydrogen (secondary N) is 3. The second-order valence-corrected chi connectivity index (χ2v) is 9.03. The summed E-state index contributed by atoms with van der Waals surface area (Å²) in [4.78, 5) is 4.66. The van der Waals surface area contributed by atoms with Crippen molar-refractivity contribution < 1.29 is 8.42 Å². The smallest absolute Gasteiger partial charge is 0.216 e. The topological polar surface area (TPSA) is 82.6 Å². The monoisotopic (exact) mass is 416 g/mol. The summed E-state index contributed by atoms with van der Waals surface area (Å²) >= 11 is 0. The summed E-state index contributed by atoms with van der Waals surface area (Å²) in [5.41, 5.74) is 4.10. The first kappa shape index (κ1) is 22.9. The number of sulfonamides is 1. The van der Waals surface area contributed by atoms with Crippen molar-refractivity contribution in [1.29, 1.82) is 0 Å². The maximum absolute atomic E-state index is 12.3. The molecule has 0 unspecified atom stereocenters. The van der Waals surface area contributed by atoms with Crippen molar-refractivity contribution >= 4 is 16.0 Å². The average Bonchev–Trinajstić information content (AvgIpc) is 2.65. The predicted molar refractivity (Wildman–Crippen MR) is 120 cm³/mol. The highest BCUT2D eigenvalue weighted by Crippen LogP contribution is 2.14.